The van der Waals surface area contributed by atoms with Crippen molar-refractivity contribution in [2.24, 2.45) is 11.7 Å². The van der Waals surface area contributed by atoms with Crippen LogP contribution < -0.4 is 5.73 Å². The summed E-state index contributed by atoms with van der Waals surface area (Å²) in [5.41, 5.74) is 9.11. The second-order valence-corrected chi connectivity index (χ2v) is 7.17. The van der Waals surface area contributed by atoms with Crippen molar-refractivity contribution in [1.82, 2.24) is 4.90 Å². The summed E-state index contributed by atoms with van der Waals surface area (Å²) in [6.45, 7) is 0.947. The summed E-state index contributed by atoms with van der Waals surface area (Å²) >= 11 is 0. The fourth-order valence-corrected chi connectivity index (χ4v) is 3.83. The molecule has 136 valence electrons. The van der Waals surface area contributed by atoms with Gasteiger partial charge in [0.15, 0.2) is 0 Å². The number of benzene rings is 2. The van der Waals surface area contributed by atoms with E-state index in [2.05, 4.69) is 6.07 Å². The van der Waals surface area contributed by atoms with Crippen molar-refractivity contribution < 1.29 is 13.9 Å². The molecule has 3 atom stereocenters. The Balaban J connectivity index is 1.60. The third-order valence-corrected chi connectivity index (χ3v) is 5.60. The van der Waals surface area contributed by atoms with Crippen LogP contribution >= 0.6 is 0 Å². The van der Waals surface area contributed by atoms with Gasteiger partial charge in [-0.1, -0.05) is 36.4 Å². The van der Waals surface area contributed by atoms with Gasteiger partial charge in [0.05, 0.1) is 12.6 Å². The van der Waals surface area contributed by atoms with Crippen molar-refractivity contribution in [2.75, 3.05) is 13.2 Å². The Hall–Kier alpha value is -2.40. The quantitative estimate of drug-likeness (QED) is 0.915. The standard InChI is InChI=1S/C21H23FN2O2/c22-17-8-5-15(6-9-17)20-18-4-2-1-3-14(18)11-12-24(20)21(25)26-13-16-7-10-19(16)23/h1-6,8-9,16,19-20H,7,10-13,23H2/t16-,19-,20-/m0/s1. The van der Waals surface area contributed by atoms with Gasteiger partial charge in [-0.3, -0.25) is 4.90 Å². The minimum absolute atomic E-state index is 0.137. The number of halogens is 1. The number of carbonyl (C=O) groups is 1. The SMILES string of the molecule is N[C@H]1CC[C@H]1COC(=O)N1CCc2ccccc2[C@@H]1c1ccc(F)cc1. The maximum Gasteiger partial charge on any atom is 0.410 e. The Labute approximate surface area is 152 Å². The van der Waals surface area contributed by atoms with Crippen LogP contribution in [-0.2, 0) is 11.2 Å². The monoisotopic (exact) mass is 354 g/mol. The van der Waals surface area contributed by atoms with Gasteiger partial charge in [0.25, 0.3) is 0 Å². The molecule has 1 saturated carbocycles. The molecule has 1 aliphatic carbocycles. The van der Waals surface area contributed by atoms with E-state index >= 15 is 0 Å². The van der Waals surface area contributed by atoms with Crippen LogP contribution in [0.3, 0.4) is 0 Å². The molecule has 1 amide bonds. The second-order valence-electron chi connectivity index (χ2n) is 7.17. The van der Waals surface area contributed by atoms with E-state index in [1.807, 2.05) is 18.2 Å². The summed E-state index contributed by atoms with van der Waals surface area (Å²) in [7, 11) is 0. The third kappa shape index (κ3) is 3.19. The van der Waals surface area contributed by atoms with Crippen molar-refractivity contribution in [3.8, 4) is 0 Å². The molecule has 0 unspecified atom stereocenters. The molecule has 2 N–H and O–H groups in total. The first-order chi connectivity index (χ1) is 12.6. The normalized spacial score (nSPS) is 24.5. The van der Waals surface area contributed by atoms with Crippen LogP contribution in [0.15, 0.2) is 48.5 Å². The Morgan fingerprint density at radius 3 is 2.62 bits per heavy atom. The molecule has 0 aromatic heterocycles. The number of amides is 1. The number of ether oxygens (including phenoxy) is 1. The molecule has 4 rings (SSSR count). The topological polar surface area (TPSA) is 55.6 Å². The highest BCUT2D eigenvalue weighted by molar-refractivity contribution is 5.70. The van der Waals surface area contributed by atoms with E-state index < -0.39 is 0 Å². The van der Waals surface area contributed by atoms with Gasteiger partial charge in [0, 0.05) is 18.5 Å². The molecule has 26 heavy (non-hydrogen) atoms. The Kier molecular flexibility index (Phi) is 4.64. The number of hydrogen-bond acceptors (Lipinski definition) is 3. The predicted octanol–water partition coefficient (Wildman–Crippen LogP) is 3.65. The number of carbonyl (C=O) groups excluding carboxylic acids is 1. The summed E-state index contributed by atoms with van der Waals surface area (Å²) in [5.74, 6) is -0.0220. The molecule has 2 aromatic rings. The van der Waals surface area contributed by atoms with Crippen molar-refractivity contribution in [1.29, 1.82) is 0 Å². The third-order valence-electron chi connectivity index (χ3n) is 5.60. The molecule has 0 radical (unpaired) electrons. The van der Waals surface area contributed by atoms with E-state index in [9.17, 15) is 9.18 Å². The molecule has 0 spiro atoms. The van der Waals surface area contributed by atoms with Crippen LogP contribution in [0.2, 0.25) is 0 Å². The van der Waals surface area contributed by atoms with Crippen LogP contribution in [0.5, 0.6) is 0 Å². The van der Waals surface area contributed by atoms with Gasteiger partial charge in [-0.25, -0.2) is 9.18 Å². The van der Waals surface area contributed by atoms with Crippen LogP contribution in [-0.4, -0.2) is 30.2 Å². The van der Waals surface area contributed by atoms with E-state index in [0.29, 0.717) is 13.2 Å². The molecule has 2 aromatic carbocycles. The summed E-state index contributed by atoms with van der Waals surface area (Å²) < 4.78 is 19.0. The van der Waals surface area contributed by atoms with Gasteiger partial charge >= 0.3 is 6.09 Å². The van der Waals surface area contributed by atoms with Gasteiger partial charge in [0.1, 0.15) is 5.82 Å². The fourth-order valence-electron chi connectivity index (χ4n) is 3.83. The lowest BCUT2D eigenvalue weighted by Gasteiger charge is -2.38. The number of nitrogens with zero attached hydrogens (tertiary/aromatic N) is 1. The lowest BCUT2D eigenvalue weighted by Crippen LogP contribution is -2.45. The minimum Gasteiger partial charge on any atom is -0.449 e. The minimum atomic E-state index is -0.326. The van der Waals surface area contributed by atoms with E-state index in [4.69, 9.17) is 10.5 Å². The zero-order valence-corrected chi connectivity index (χ0v) is 14.6. The Morgan fingerprint density at radius 2 is 1.92 bits per heavy atom. The molecular formula is C21H23FN2O2. The first-order valence-corrected chi connectivity index (χ1v) is 9.15. The maximum atomic E-state index is 13.4. The largest absolute Gasteiger partial charge is 0.449 e. The molecule has 1 aliphatic heterocycles. The lowest BCUT2D eigenvalue weighted by atomic mass is 9.81. The summed E-state index contributed by atoms with van der Waals surface area (Å²) in [6.07, 6.45) is 2.47. The van der Waals surface area contributed by atoms with Crippen LogP contribution in [0.4, 0.5) is 9.18 Å². The highest BCUT2D eigenvalue weighted by Crippen LogP contribution is 2.36. The average molecular weight is 354 g/mol. The lowest BCUT2D eigenvalue weighted by molar-refractivity contribution is 0.0557. The Bertz CT molecular complexity index is 793. The van der Waals surface area contributed by atoms with E-state index in [-0.39, 0.29) is 29.9 Å². The van der Waals surface area contributed by atoms with E-state index in [1.165, 1.54) is 17.7 Å². The Morgan fingerprint density at radius 1 is 1.15 bits per heavy atom. The number of fused-ring (bicyclic) bond motifs is 1. The van der Waals surface area contributed by atoms with E-state index in [1.54, 1.807) is 17.0 Å². The fraction of sp³-hybridized carbons (Fsp3) is 0.381. The molecule has 2 aliphatic rings. The summed E-state index contributed by atoms with van der Waals surface area (Å²) in [4.78, 5) is 14.5. The molecule has 0 bridgehead atoms. The maximum absolute atomic E-state index is 13.4. The molecule has 4 nitrogen and oxygen atoms in total. The first-order valence-electron chi connectivity index (χ1n) is 9.15. The highest BCUT2D eigenvalue weighted by Gasteiger charge is 2.34. The average Bonchev–Trinajstić information content (AvgIpc) is 2.66. The number of rotatable bonds is 3. The zero-order chi connectivity index (χ0) is 18.1. The van der Waals surface area contributed by atoms with Crippen molar-refractivity contribution in [3.05, 3.63) is 71.0 Å². The predicted molar refractivity (Wildman–Crippen MR) is 97.1 cm³/mol. The van der Waals surface area contributed by atoms with Crippen molar-refractivity contribution >= 4 is 6.09 Å². The van der Waals surface area contributed by atoms with Crippen LogP contribution in [0.25, 0.3) is 0 Å². The van der Waals surface area contributed by atoms with Gasteiger partial charge in [0.2, 0.25) is 0 Å². The summed E-state index contributed by atoms with van der Waals surface area (Å²) in [6, 6.07) is 14.3. The molecule has 1 fully saturated rings. The van der Waals surface area contributed by atoms with Crippen LogP contribution in [0.1, 0.15) is 35.6 Å². The zero-order valence-electron chi connectivity index (χ0n) is 14.6. The summed E-state index contributed by atoms with van der Waals surface area (Å²) in [5, 5.41) is 0. The molecule has 5 heteroatoms. The van der Waals surface area contributed by atoms with Gasteiger partial charge in [-0.2, -0.15) is 0 Å². The van der Waals surface area contributed by atoms with Gasteiger partial charge in [-0.05, 0) is 48.1 Å². The van der Waals surface area contributed by atoms with Crippen molar-refractivity contribution in [2.45, 2.75) is 31.3 Å². The second kappa shape index (κ2) is 7.08. The highest BCUT2D eigenvalue weighted by atomic mass is 19.1. The molecule has 0 saturated heterocycles. The first kappa shape index (κ1) is 17.0. The molecular weight excluding hydrogens is 331 g/mol. The van der Waals surface area contributed by atoms with Crippen LogP contribution in [0, 0.1) is 11.7 Å². The van der Waals surface area contributed by atoms with Gasteiger partial charge < -0.3 is 10.5 Å². The number of hydrogen-bond donors (Lipinski definition) is 1. The number of nitrogens with two attached hydrogens (primary N) is 1. The van der Waals surface area contributed by atoms with E-state index in [0.717, 1.165) is 30.4 Å². The van der Waals surface area contributed by atoms with Gasteiger partial charge in [-0.15, -0.1) is 0 Å². The molecule has 1 heterocycles. The van der Waals surface area contributed by atoms with Crippen molar-refractivity contribution in [3.63, 3.8) is 0 Å². The smallest absolute Gasteiger partial charge is 0.410 e.